The van der Waals surface area contributed by atoms with Crippen LogP contribution in [0.25, 0.3) is 0 Å². The lowest BCUT2D eigenvalue weighted by Gasteiger charge is -2.26. The maximum atomic E-state index is 13.0. The van der Waals surface area contributed by atoms with Gasteiger partial charge in [-0.15, -0.1) is 0 Å². The van der Waals surface area contributed by atoms with Crippen LogP contribution >= 0.6 is 0 Å². The summed E-state index contributed by atoms with van der Waals surface area (Å²) in [5.41, 5.74) is -0.834. The van der Waals surface area contributed by atoms with Crippen LogP contribution in [0.1, 0.15) is 39.7 Å². The van der Waals surface area contributed by atoms with Crippen LogP contribution < -0.4 is 10.1 Å². The molecule has 1 fully saturated rings. The number of amides is 2. The summed E-state index contributed by atoms with van der Waals surface area (Å²) in [5, 5.41) is 7.17. The zero-order valence-electron chi connectivity index (χ0n) is 21.6. The van der Waals surface area contributed by atoms with Gasteiger partial charge in [-0.1, -0.05) is 13.0 Å². The van der Waals surface area contributed by atoms with Crippen molar-refractivity contribution in [2.24, 2.45) is 5.92 Å². The molecular formula is C26H31F3N4O5. The van der Waals surface area contributed by atoms with Gasteiger partial charge in [0.2, 0.25) is 5.91 Å². The van der Waals surface area contributed by atoms with Crippen LogP contribution in [0.3, 0.4) is 0 Å². The molecule has 2 aromatic rings. The lowest BCUT2D eigenvalue weighted by Crippen LogP contribution is -2.38. The molecule has 0 radical (unpaired) electrons. The van der Waals surface area contributed by atoms with Crippen LogP contribution in [0.2, 0.25) is 0 Å². The zero-order valence-corrected chi connectivity index (χ0v) is 21.6. The number of nitrogens with zero attached hydrogens (tertiary/aromatic N) is 3. The molecule has 0 aliphatic carbocycles. The molecule has 2 amide bonds. The van der Waals surface area contributed by atoms with E-state index in [2.05, 4.69) is 10.4 Å². The molecule has 38 heavy (non-hydrogen) atoms. The Kier molecular flexibility index (Phi) is 7.84. The summed E-state index contributed by atoms with van der Waals surface area (Å²) in [5.74, 6) is -0.999. The number of benzene rings is 1. The van der Waals surface area contributed by atoms with Crippen LogP contribution in [-0.4, -0.2) is 57.6 Å². The third-order valence-electron chi connectivity index (χ3n) is 6.33. The second kappa shape index (κ2) is 10.8. The standard InChI is InChI=1S/C26H31F3N4O5/c1-16(24(35)30-22-8-9-32(31-22)13-21-15-36-25(3,4)38-21)10-17(2)33-14-20(12-23(33)34)37-19-7-5-6-18(11-19)26(27,28)29/h5-9,11-12,16-17,21H,10,13-15H2,1-4H3,(H,30,31,35)/t16?,17-,21+/m0/s1. The molecule has 2 aliphatic heterocycles. The van der Waals surface area contributed by atoms with Gasteiger partial charge in [0.1, 0.15) is 17.6 Å². The maximum absolute atomic E-state index is 13.0. The molecule has 3 atom stereocenters. The first-order chi connectivity index (χ1) is 17.8. The van der Waals surface area contributed by atoms with E-state index in [1.165, 1.54) is 23.1 Å². The summed E-state index contributed by atoms with van der Waals surface area (Å²) in [6.45, 7) is 8.30. The fourth-order valence-corrected chi connectivity index (χ4v) is 4.42. The molecule has 1 unspecified atom stereocenters. The molecule has 1 saturated heterocycles. The van der Waals surface area contributed by atoms with Crippen molar-refractivity contribution in [1.29, 1.82) is 0 Å². The van der Waals surface area contributed by atoms with Crippen molar-refractivity contribution in [2.45, 2.75) is 64.8 Å². The Morgan fingerprint density at radius 3 is 2.74 bits per heavy atom. The largest absolute Gasteiger partial charge is 0.460 e. The first kappa shape index (κ1) is 27.6. The Balaban J connectivity index is 1.26. The molecule has 12 heteroatoms. The van der Waals surface area contributed by atoms with Crippen LogP contribution in [0.4, 0.5) is 19.0 Å². The van der Waals surface area contributed by atoms with E-state index in [-0.39, 0.29) is 42.0 Å². The van der Waals surface area contributed by atoms with E-state index < -0.39 is 23.4 Å². The van der Waals surface area contributed by atoms with E-state index in [1.807, 2.05) is 20.8 Å². The molecule has 1 N–H and O–H groups in total. The Hall–Kier alpha value is -3.38. The third kappa shape index (κ3) is 6.93. The van der Waals surface area contributed by atoms with Crippen molar-refractivity contribution >= 4 is 17.6 Å². The topological polar surface area (TPSA) is 94.9 Å². The summed E-state index contributed by atoms with van der Waals surface area (Å²) in [4.78, 5) is 26.8. The molecular weight excluding hydrogens is 505 g/mol. The number of hydrogen-bond acceptors (Lipinski definition) is 6. The highest BCUT2D eigenvalue weighted by Crippen LogP contribution is 2.32. The minimum Gasteiger partial charge on any atom is -0.460 e. The van der Waals surface area contributed by atoms with Gasteiger partial charge in [0.15, 0.2) is 11.6 Å². The number of ether oxygens (including phenoxy) is 3. The Morgan fingerprint density at radius 2 is 2.05 bits per heavy atom. The zero-order chi connectivity index (χ0) is 27.7. The number of hydrogen-bond donors (Lipinski definition) is 1. The minimum absolute atomic E-state index is 0.00343. The molecule has 4 rings (SSSR count). The monoisotopic (exact) mass is 536 g/mol. The van der Waals surface area contributed by atoms with Crippen molar-refractivity contribution in [2.75, 3.05) is 18.5 Å². The molecule has 1 aromatic heterocycles. The van der Waals surface area contributed by atoms with E-state index in [1.54, 1.807) is 23.9 Å². The number of halogens is 3. The van der Waals surface area contributed by atoms with E-state index >= 15 is 0 Å². The number of rotatable bonds is 9. The van der Waals surface area contributed by atoms with Crippen LogP contribution in [0.15, 0.2) is 48.4 Å². The highest BCUT2D eigenvalue weighted by Gasteiger charge is 2.34. The molecule has 206 valence electrons. The fraction of sp³-hybridized carbons (Fsp3) is 0.500. The van der Waals surface area contributed by atoms with Gasteiger partial charge in [-0.05, 0) is 45.4 Å². The smallest absolute Gasteiger partial charge is 0.416 e. The number of aromatic nitrogens is 2. The van der Waals surface area contributed by atoms with Gasteiger partial charge in [0.05, 0.1) is 25.3 Å². The average molecular weight is 537 g/mol. The lowest BCUT2D eigenvalue weighted by atomic mass is 10.0. The average Bonchev–Trinajstić information content (AvgIpc) is 3.51. The highest BCUT2D eigenvalue weighted by molar-refractivity contribution is 5.92. The summed E-state index contributed by atoms with van der Waals surface area (Å²) in [7, 11) is 0. The van der Waals surface area contributed by atoms with Crippen molar-refractivity contribution in [3.05, 3.63) is 53.9 Å². The SMILES string of the molecule is CC(C[C@H](C)N1CC(Oc2cccc(C(F)(F)F)c2)=CC1=O)C(=O)Nc1ccn(C[C@@H]2COC(C)(C)O2)n1. The Labute approximate surface area is 218 Å². The molecule has 0 saturated carbocycles. The number of carbonyl (C=O) groups excluding carboxylic acids is 2. The summed E-state index contributed by atoms with van der Waals surface area (Å²) in [6, 6.07) is 5.86. The highest BCUT2D eigenvalue weighted by atomic mass is 19.4. The third-order valence-corrected chi connectivity index (χ3v) is 6.33. The van der Waals surface area contributed by atoms with E-state index in [0.29, 0.717) is 25.4 Å². The van der Waals surface area contributed by atoms with E-state index in [4.69, 9.17) is 14.2 Å². The van der Waals surface area contributed by atoms with Crippen LogP contribution in [-0.2, 0) is 31.8 Å². The Morgan fingerprint density at radius 1 is 1.29 bits per heavy atom. The van der Waals surface area contributed by atoms with Crippen LogP contribution in [0, 0.1) is 5.92 Å². The van der Waals surface area contributed by atoms with Gasteiger partial charge >= 0.3 is 6.18 Å². The molecule has 0 bridgehead atoms. The predicted molar refractivity (Wildman–Crippen MR) is 131 cm³/mol. The molecule has 0 spiro atoms. The summed E-state index contributed by atoms with van der Waals surface area (Å²) >= 11 is 0. The van der Waals surface area contributed by atoms with Crippen molar-refractivity contribution in [3.63, 3.8) is 0 Å². The number of nitrogens with one attached hydrogen (secondary N) is 1. The van der Waals surface area contributed by atoms with Crippen molar-refractivity contribution < 1.29 is 37.0 Å². The first-order valence-corrected chi connectivity index (χ1v) is 12.3. The normalized spacial score (nSPS) is 20.8. The van der Waals surface area contributed by atoms with E-state index in [9.17, 15) is 22.8 Å². The molecule has 2 aliphatic rings. The van der Waals surface area contributed by atoms with Gasteiger partial charge in [-0.3, -0.25) is 14.3 Å². The number of alkyl halides is 3. The molecule has 9 nitrogen and oxygen atoms in total. The van der Waals surface area contributed by atoms with Crippen molar-refractivity contribution in [3.8, 4) is 5.75 Å². The fourth-order valence-electron chi connectivity index (χ4n) is 4.42. The summed E-state index contributed by atoms with van der Waals surface area (Å²) < 4.78 is 57.5. The quantitative estimate of drug-likeness (QED) is 0.516. The molecule has 1 aromatic carbocycles. The van der Waals surface area contributed by atoms with Crippen LogP contribution in [0.5, 0.6) is 5.75 Å². The van der Waals surface area contributed by atoms with Crippen molar-refractivity contribution in [1.82, 2.24) is 14.7 Å². The molecule has 3 heterocycles. The lowest BCUT2D eigenvalue weighted by molar-refractivity contribution is -0.140. The second-order valence-electron chi connectivity index (χ2n) is 10.1. The van der Waals surface area contributed by atoms with Gasteiger partial charge < -0.3 is 24.4 Å². The Bertz CT molecular complexity index is 1210. The minimum atomic E-state index is -4.49. The summed E-state index contributed by atoms with van der Waals surface area (Å²) in [6.07, 6.45) is -1.26. The number of carbonyl (C=O) groups is 2. The van der Waals surface area contributed by atoms with E-state index in [0.717, 1.165) is 12.1 Å². The maximum Gasteiger partial charge on any atom is 0.416 e. The van der Waals surface area contributed by atoms with Gasteiger partial charge in [-0.25, -0.2) is 0 Å². The van der Waals surface area contributed by atoms with Gasteiger partial charge in [0.25, 0.3) is 5.91 Å². The van der Waals surface area contributed by atoms with Gasteiger partial charge in [-0.2, -0.15) is 18.3 Å². The second-order valence-corrected chi connectivity index (χ2v) is 10.1. The first-order valence-electron chi connectivity index (χ1n) is 12.3. The predicted octanol–water partition coefficient (Wildman–Crippen LogP) is 4.21. The van der Waals surface area contributed by atoms with Gasteiger partial charge in [0, 0.05) is 30.3 Å². The number of anilines is 1.